The Balaban J connectivity index is 2.00. The minimum atomic E-state index is -0.0858. The van der Waals surface area contributed by atoms with E-state index in [1.807, 2.05) is 6.92 Å². The van der Waals surface area contributed by atoms with Crippen LogP contribution in [0.3, 0.4) is 0 Å². The summed E-state index contributed by atoms with van der Waals surface area (Å²) in [7, 11) is 0. The van der Waals surface area contributed by atoms with E-state index in [0.717, 1.165) is 32.4 Å². The van der Waals surface area contributed by atoms with E-state index >= 15 is 0 Å². The molecule has 1 atom stereocenters. The summed E-state index contributed by atoms with van der Waals surface area (Å²) in [5.74, 6) is 0. The Hall–Kier alpha value is -0.770. The molecule has 2 N–H and O–H groups in total. The molecule has 0 unspecified atom stereocenters. The molecular weight excluding hydrogens is 168 g/mol. The highest BCUT2D eigenvalue weighted by Crippen LogP contribution is 2.10. The van der Waals surface area contributed by atoms with Crippen LogP contribution in [0.5, 0.6) is 0 Å². The van der Waals surface area contributed by atoms with Gasteiger partial charge in [0.05, 0.1) is 6.10 Å². The number of hydrogen-bond acceptors (Lipinski definition) is 2. The van der Waals surface area contributed by atoms with Crippen LogP contribution in [-0.4, -0.2) is 31.8 Å². The number of amides is 2. The second-order valence-electron chi connectivity index (χ2n) is 3.27. The molecule has 0 spiro atoms. The number of carbonyl (C=O) groups is 1. The van der Waals surface area contributed by atoms with Gasteiger partial charge in [-0.2, -0.15) is 0 Å². The number of urea groups is 1. The highest BCUT2D eigenvalue weighted by molar-refractivity contribution is 5.73. The maximum absolute atomic E-state index is 11.1. The van der Waals surface area contributed by atoms with Gasteiger partial charge in [-0.15, -0.1) is 0 Å². The van der Waals surface area contributed by atoms with Crippen molar-refractivity contribution < 1.29 is 9.53 Å². The second kappa shape index (κ2) is 5.80. The standard InChI is InChI=1S/C9H18N2O2/c1-2-5-10-9(12)11-7-8-4-3-6-13-8/h8H,2-7H2,1H3,(H2,10,11,12)/t8-/m1/s1. The molecule has 1 fully saturated rings. The van der Waals surface area contributed by atoms with E-state index in [0.29, 0.717) is 6.54 Å². The van der Waals surface area contributed by atoms with Gasteiger partial charge in [-0.3, -0.25) is 0 Å². The lowest BCUT2D eigenvalue weighted by molar-refractivity contribution is 0.111. The van der Waals surface area contributed by atoms with Gasteiger partial charge in [0.1, 0.15) is 0 Å². The van der Waals surface area contributed by atoms with Crippen molar-refractivity contribution in [3.63, 3.8) is 0 Å². The normalized spacial score (nSPS) is 21.5. The van der Waals surface area contributed by atoms with Crippen molar-refractivity contribution in [2.75, 3.05) is 19.7 Å². The quantitative estimate of drug-likeness (QED) is 0.684. The Labute approximate surface area is 79.0 Å². The summed E-state index contributed by atoms with van der Waals surface area (Å²) in [5.41, 5.74) is 0. The fourth-order valence-corrected chi connectivity index (χ4v) is 1.31. The summed E-state index contributed by atoms with van der Waals surface area (Å²) in [6, 6.07) is -0.0858. The first-order valence-corrected chi connectivity index (χ1v) is 4.96. The molecule has 1 aliphatic heterocycles. The first-order chi connectivity index (χ1) is 6.33. The van der Waals surface area contributed by atoms with Gasteiger partial charge in [-0.25, -0.2) is 4.79 Å². The molecule has 13 heavy (non-hydrogen) atoms. The van der Waals surface area contributed by atoms with Crippen LogP contribution in [0.25, 0.3) is 0 Å². The zero-order chi connectivity index (χ0) is 9.52. The molecule has 0 saturated carbocycles. The number of rotatable bonds is 4. The Morgan fingerprint density at radius 3 is 3.00 bits per heavy atom. The molecule has 76 valence electrons. The molecule has 0 bridgehead atoms. The van der Waals surface area contributed by atoms with Crippen molar-refractivity contribution in [2.24, 2.45) is 0 Å². The number of ether oxygens (including phenoxy) is 1. The molecule has 1 heterocycles. The molecule has 1 saturated heterocycles. The van der Waals surface area contributed by atoms with Gasteiger partial charge < -0.3 is 15.4 Å². The summed E-state index contributed by atoms with van der Waals surface area (Å²) < 4.78 is 5.37. The number of carbonyl (C=O) groups excluding carboxylic acids is 1. The Bertz CT molecular complexity index is 156. The van der Waals surface area contributed by atoms with Crippen molar-refractivity contribution in [1.82, 2.24) is 10.6 Å². The first kappa shape index (κ1) is 10.3. The molecule has 0 aliphatic carbocycles. The smallest absolute Gasteiger partial charge is 0.314 e. The van der Waals surface area contributed by atoms with E-state index in [1.165, 1.54) is 0 Å². The second-order valence-corrected chi connectivity index (χ2v) is 3.27. The van der Waals surface area contributed by atoms with E-state index < -0.39 is 0 Å². The fourth-order valence-electron chi connectivity index (χ4n) is 1.31. The van der Waals surface area contributed by atoms with Gasteiger partial charge >= 0.3 is 6.03 Å². The van der Waals surface area contributed by atoms with E-state index in [2.05, 4.69) is 10.6 Å². The summed E-state index contributed by atoms with van der Waals surface area (Å²) in [5, 5.41) is 5.54. The van der Waals surface area contributed by atoms with Crippen molar-refractivity contribution in [3.05, 3.63) is 0 Å². The fraction of sp³-hybridized carbons (Fsp3) is 0.889. The van der Waals surface area contributed by atoms with Crippen LogP contribution in [-0.2, 0) is 4.74 Å². The molecule has 4 nitrogen and oxygen atoms in total. The third kappa shape index (κ3) is 4.12. The third-order valence-corrected chi connectivity index (χ3v) is 2.05. The first-order valence-electron chi connectivity index (χ1n) is 4.96. The molecule has 0 aromatic heterocycles. The van der Waals surface area contributed by atoms with Crippen LogP contribution >= 0.6 is 0 Å². The number of hydrogen-bond donors (Lipinski definition) is 2. The molecule has 0 radical (unpaired) electrons. The molecule has 1 rings (SSSR count). The summed E-state index contributed by atoms with van der Waals surface area (Å²) in [4.78, 5) is 11.1. The zero-order valence-electron chi connectivity index (χ0n) is 8.14. The van der Waals surface area contributed by atoms with Gasteiger partial charge in [0.2, 0.25) is 0 Å². The number of nitrogens with one attached hydrogen (secondary N) is 2. The maximum atomic E-state index is 11.1. The van der Waals surface area contributed by atoms with Gasteiger partial charge in [0.25, 0.3) is 0 Å². The Kier molecular flexibility index (Phi) is 4.60. The summed E-state index contributed by atoms with van der Waals surface area (Å²) in [6.45, 7) is 4.23. The van der Waals surface area contributed by atoms with Gasteiger partial charge in [0.15, 0.2) is 0 Å². The lowest BCUT2D eigenvalue weighted by Gasteiger charge is -2.11. The Morgan fingerprint density at radius 1 is 1.54 bits per heavy atom. The van der Waals surface area contributed by atoms with Gasteiger partial charge in [-0.1, -0.05) is 6.92 Å². The van der Waals surface area contributed by atoms with Crippen molar-refractivity contribution >= 4 is 6.03 Å². The average Bonchev–Trinajstić information content (AvgIpc) is 2.64. The predicted octanol–water partition coefficient (Wildman–Crippen LogP) is 0.875. The monoisotopic (exact) mass is 186 g/mol. The van der Waals surface area contributed by atoms with E-state index in [-0.39, 0.29) is 12.1 Å². The van der Waals surface area contributed by atoms with Crippen LogP contribution in [0.15, 0.2) is 0 Å². The van der Waals surface area contributed by atoms with Gasteiger partial charge in [-0.05, 0) is 19.3 Å². The van der Waals surface area contributed by atoms with Crippen LogP contribution in [0.4, 0.5) is 4.79 Å². The largest absolute Gasteiger partial charge is 0.376 e. The predicted molar refractivity (Wildman–Crippen MR) is 50.7 cm³/mol. The minimum Gasteiger partial charge on any atom is -0.376 e. The van der Waals surface area contributed by atoms with Crippen LogP contribution in [0, 0.1) is 0 Å². The zero-order valence-corrected chi connectivity index (χ0v) is 8.14. The van der Waals surface area contributed by atoms with E-state index in [9.17, 15) is 4.79 Å². The van der Waals surface area contributed by atoms with Crippen molar-refractivity contribution in [2.45, 2.75) is 32.3 Å². The lowest BCUT2D eigenvalue weighted by atomic mass is 10.2. The van der Waals surface area contributed by atoms with Crippen LogP contribution < -0.4 is 10.6 Å². The molecule has 1 aliphatic rings. The average molecular weight is 186 g/mol. The highest BCUT2D eigenvalue weighted by Gasteiger charge is 2.15. The highest BCUT2D eigenvalue weighted by atomic mass is 16.5. The lowest BCUT2D eigenvalue weighted by Crippen LogP contribution is -2.39. The Morgan fingerprint density at radius 2 is 2.38 bits per heavy atom. The summed E-state index contributed by atoms with van der Waals surface area (Å²) in [6.07, 6.45) is 3.37. The van der Waals surface area contributed by atoms with Crippen molar-refractivity contribution in [3.8, 4) is 0 Å². The van der Waals surface area contributed by atoms with Crippen LogP contribution in [0.2, 0.25) is 0 Å². The topological polar surface area (TPSA) is 50.4 Å². The van der Waals surface area contributed by atoms with Crippen molar-refractivity contribution in [1.29, 1.82) is 0 Å². The van der Waals surface area contributed by atoms with E-state index in [4.69, 9.17) is 4.74 Å². The molecule has 4 heteroatoms. The van der Waals surface area contributed by atoms with Crippen LogP contribution in [0.1, 0.15) is 26.2 Å². The maximum Gasteiger partial charge on any atom is 0.314 e. The van der Waals surface area contributed by atoms with E-state index in [1.54, 1.807) is 0 Å². The minimum absolute atomic E-state index is 0.0858. The molecule has 0 aromatic carbocycles. The third-order valence-electron chi connectivity index (χ3n) is 2.05. The van der Waals surface area contributed by atoms with Gasteiger partial charge in [0, 0.05) is 19.7 Å². The SMILES string of the molecule is CCCNC(=O)NC[C@H]1CCCO1. The molecule has 2 amide bonds. The molecule has 0 aromatic rings. The molecular formula is C9H18N2O2. The summed E-state index contributed by atoms with van der Waals surface area (Å²) >= 11 is 0.